The number of hydrogen-bond donors (Lipinski definition) is 3. The van der Waals surface area contributed by atoms with E-state index in [9.17, 15) is 23.1 Å². The molecule has 3 N–H and O–H groups in total. The number of rotatable bonds is 7. The molecule has 130 valence electrons. The van der Waals surface area contributed by atoms with E-state index in [1.54, 1.807) is 24.3 Å². The van der Waals surface area contributed by atoms with Crippen molar-refractivity contribution in [1.29, 1.82) is 0 Å². The van der Waals surface area contributed by atoms with Crippen LogP contribution in [-0.4, -0.2) is 29.5 Å². The van der Waals surface area contributed by atoms with Crippen LogP contribution in [0.4, 0.5) is 23.7 Å². The molecule has 0 aliphatic carbocycles. The first-order valence-corrected chi connectivity index (χ1v) is 7.61. The van der Waals surface area contributed by atoms with Gasteiger partial charge in [-0.25, -0.2) is 4.79 Å². The molecule has 0 saturated heterocycles. The Morgan fingerprint density at radius 3 is 2.35 bits per heavy atom. The third-order valence-electron chi connectivity index (χ3n) is 3.84. The molecule has 2 amide bonds. The highest BCUT2D eigenvalue weighted by Gasteiger charge is 2.27. The molecule has 0 fully saturated rings. The van der Waals surface area contributed by atoms with E-state index < -0.39 is 24.2 Å². The molecule has 0 saturated carbocycles. The highest BCUT2D eigenvalue weighted by atomic mass is 19.4. The summed E-state index contributed by atoms with van der Waals surface area (Å²) < 4.78 is 37.0. The number of halogens is 3. The molecule has 1 aromatic carbocycles. The van der Waals surface area contributed by atoms with Crippen molar-refractivity contribution in [3.63, 3.8) is 0 Å². The first-order chi connectivity index (χ1) is 10.7. The molecule has 0 spiro atoms. The second-order valence-electron chi connectivity index (χ2n) is 5.51. The molecule has 0 heterocycles. The van der Waals surface area contributed by atoms with Crippen LogP contribution in [0.1, 0.15) is 38.7 Å². The van der Waals surface area contributed by atoms with Crippen molar-refractivity contribution in [3.8, 4) is 0 Å². The van der Waals surface area contributed by atoms with Crippen LogP contribution in [0.25, 0.3) is 0 Å². The van der Waals surface area contributed by atoms with Gasteiger partial charge >= 0.3 is 12.2 Å². The fraction of sp³-hybridized carbons (Fsp3) is 0.562. The first kappa shape index (κ1) is 19.3. The number of carbonyl (C=O) groups is 1. The molecule has 0 aliphatic rings. The standard InChI is InChI=1S/C16H23F3N2O2/c1-3-15(23,4-2)11-20-14(22)21-13-8-6-5-7-12(13)9-10-16(17,18)19/h5-8,23H,3-4,9-11H2,1-2H3,(H2,20,21,22). The summed E-state index contributed by atoms with van der Waals surface area (Å²) in [7, 11) is 0. The third kappa shape index (κ3) is 6.90. The Hall–Kier alpha value is -1.76. The van der Waals surface area contributed by atoms with Gasteiger partial charge < -0.3 is 15.7 Å². The van der Waals surface area contributed by atoms with Gasteiger partial charge in [0, 0.05) is 18.7 Å². The summed E-state index contributed by atoms with van der Waals surface area (Å²) in [4.78, 5) is 11.9. The van der Waals surface area contributed by atoms with Gasteiger partial charge in [0.05, 0.1) is 5.60 Å². The molecule has 1 rings (SSSR count). The number of aryl methyl sites for hydroxylation is 1. The molecular formula is C16H23F3N2O2. The first-order valence-electron chi connectivity index (χ1n) is 7.61. The second kappa shape index (κ2) is 8.19. The van der Waals surface area contributed by atoms with E-state index in [2.05, 4.69) is 10.6 Å². The van der Waals surface area contributed by atoms with Gasteiger partial charge in [0.1, 0.15) is 0 Å². The lowest BCUT2D eigenvalue weighted by molar-refractivity contribution is -0.133. The van der Waals surface area contributed by atoms with Gasteiger partial charge in [0.25, 0.3) is 0 Å². The van der Waals surface area contributed by atoms with Crippen LogP contribution in [0.5, 0.6) is 0 Å². The molecule has 0 aliphatic heterocycles. The summed E-state index contributed by atoms with van der Waals surface area (Å²) in [5.41, 5.74) is -0.223. The maximum absolute atomic E-state index is 12.3. The minimum Gasteiger partial charge on any atom is -0.388 e. The van der Waals surface area contributed by atoms with E-state index in [0.717, 1.165) is 0 Å². The van der Waals surface area contributed by atoms with Crippen LogP contribution >= 0.6 is 0 Å². The molecule has 1 aromatic rings. The number of nitrogens with one attached hydrogen (secondary N) is 2. The summed E-state index contributed by atoms with van der Waals surface area (Å²) in [6.07, 6.45) is -4.40. The van der Waals surface area contributed by atoms with Crippen LogP contribution in [-0.2, 0) is 6.42 Å². The summed E-state index contributed by atoms with van der Waals surface area (Å²) >= 11 is 0. The van der Waals surface area contributed by atoms with Gasteiger partial charge in [0.15, 0.2) is 0 Å². The minimum absolute atomic E-state index is 0.0799. The second-order valence-corrected chi connectivity index (χ2v) is 5.51. The molecule has 0 radical (unpaired) electrons. The number of alkyl halides is 3. The number of hydrogen-bond acceptors (Lipinski definition) is 2. The molecular weight excluding hydrogens is 309 g/mol. The van der Waals surface area contributed by atoms with Gasteiger partial charge in [-0.15, -0.1) is 0 Å². The minimum atomic E-state index is -4.24. The molecule has 4 nitrogen and oxygen atoms in total. The number of para-hydroxylation sites is 1. The van der Waals surface area contributed by atoms with Crippen molar-refractivity contribution < 1.29 is 23.1 Å². The third-order valence-corrected chi connectivity index (χ3v) is 3.84. The van der Waals surface area contributed by atoms with Crippen LogP contribution in [0.15, 0.2) is 24.3 Å². The van der Waals surface area contributed by atoms with E-state index >= 15 is 0 Å². The number of benzene rings is 1. The van der Waals surface area contributed by atoms with Gasteiger partial charge in [-0.1, -0.05) is 32.0 Å². The Morgan fingerprint density at radius 1 is 1.17 bits per heavy atom. The fourth-order valence-corrected chi connectivity index (χ4v) is 2.05. The zero-order chi connectivity index (χ0) is 17.5. The molecule has 0 atom stereocenters. The maximum Gasteiger partial charge on any atom is 0.389 e. The highest BCUT2D eigenvalue weighted by molar-refractivity contribution is 5.90. The number of anilines is 1. The average Bonchev–Trinajstić information content (AvgIpc) is 2.51. The van der Waals surface area contributed by atoms with Crippen molar-refractivity contribution in [2.45, 2.75) is 51.3 Å². The zero-order valence-electron chi connectivity index (χ0n) is 13.3. The van der Waals surface area contributed by atoms with Crippen molar-refractivity contribution in [2.75, 3.05) is 11.9 Å². The molecule has 0 unspecified atom stereocenters. The van der Waals surface area contributed by atoms with Gasteiger partial charge in [0.2, 0.25) is 0 Å². The number of aliphatic hydroxyl groups is 1. The van der Waals surface area contributed by atoms with Crippen LogP contribution in [0.2, 0.25) is 0 Å². The van der Waals surface area contributed by atoms with Crippen LogP contribution in [0, 0.1) is 0 Å². The number of urea groups is 1. The van der Waals surface area contributed by atoms with Crippen molar-refractivity contribution in [2.24, 2.45) is 0 Å². The van der Waals surface area contributed by atoms with E-state index in [0.29, 0.717) is 24.1 Å². The Labute approximate surface area is 134 Å². The Bertz CT molecular complexity index is 514. The van der Waals surface area contributed by atoms with Gasteiger partial charge in [-0.2, -0.15) is 13.2 Å². The molecule has 7 heteroatoms. The number of carbonyl (C=O) groups excluding carboxylic acids is 1. The van der Waals surface area contributed by atoms with Gasteiger partial charge in [-0.3, -0.25) is 0 Å². The van der Waals surface area contributed by atoms with E-state index in [4.69, 9.17) is 0 Å². The summed E-state index contributed by atoms with van der Waals surface area (Å²) in [5.74, 6) is 0. The normalized spacial score (nSPS) is 12.1. The lowest BCUT2D eigenvalue weighted by atomic mass is 9.98. The van der Waals surface area contributed by atoms with Crippen LogP contribution < -0.4 is 10.6 Å². The maximum atomic E-state index is 12.3. The van der Waals surface area contributed by atoms with E-state index in [-0.39, 0.29) is 13.0 Å². The van der Waals surface area contributed by atoms with E-state index in [1.807, 2.05) is 13.8 Å². The van der Waals surface area contributed by atoms with Crippen molar-refractivity contribution >= 4 is 11.7 Å². The Morgan fingerprint density at radius 2 is 1.78 bits per heavy atom. The molecule has 23 heavy (non-hydrogen) atoms. The summed E-state index contributed by atoms with van der Waals surface area (Å²) in [6.45, 7) is 3.71. The van der Waals surface area contributed by atoms with Crippen LogP contribution in [0.3, 0.4) is 0 Å². The smallest absolute Gasteiger partial charge is 0.388 e. The summed E-state index contributed by atoms with van der Waals surface area (Å²) in [5, 5.41) is 15.2. The van der Waals surface area contributed by atoms with Gasteiger partial charge in [-0.05, 0) is 30.9 Å². The molecule has 0 aromatic heterocycles. The topological polar surface area (TPSA) is 61.4 Å². The predicted octanol–water partition coefficient (Wildman–Crippen LogP) is 3.85. The Kier molecular flexibility index (Phi) is 6.87. The lowest BCUT2D eigenvalue weighted by Gasteiger charge is -2.25. The largest absolute Gasteiger partial charge is 0.389 e. The monoisotopic (exact) mass is 332 g/mol. The molecule has 0 bridgehead atoms. The highest BCUT2D eigenvalue weighted by Crippen LogP contribution is 2.25. The SMILES string of the molecule is CCC(O)(CC)CNC(=O)Nc1ccccc1CCC(F)(F)F. The van der Waals surface area contributed by atoms with E-state index in [1.165, 1.54) is 0 Å². The quantitative estimate of drug-likeness (QED) is 0.710. The Balaban J connectivity index is 2.64. The predicted molar refractivity (Wildman–Crippen MR) is 83.4 cm³/mol. The summed E-state index contributed by atoms with van der Waals surface area (Å²) in [6, 6.07) is 5.82. The average molecular weight is 332 g/mol. The lowest BCUT2D eigenvalue weighted by Crippen LogP contribution is -2.43. The zero-order valence-corrected chi connectivity index (χ0v) is 13.3. The fourth-order valence-electron chi connectivity index (χ4n) is 2.05. The van der Waals surface area contributed by atoms with Crippen molar-refractivity contribution in [1.82, 2.24) is 5.32 Å². The van der Waals surface area contributed by atoms with Crippen molar-refractivity contribution in [3.05, 3.63) is 29.8 Å². The number of amides is 2.